The average molecular weight is 282 g/mol. The van der Waals surface area contributed by atoms with E-state index in [0.717, 1.165) is 33.8 Å². The van der Waals surface area contributed by atoms with Gasteiger partial charge in [-0.1, -0.05) is 12.1 Å². The third kappa shape index (κ3) is 2.73. The number of nitrogens with zero attached hydrogens (tertiary/aromatic N) is 3. The molecule has 3 rings (SSSR count). The van der Waals surface area contributed by atoms with E-state index in [1.165, 1.54) is 0 Å². The molecule has 0 saturated heterocycles. The van der Waals surface area contributed by atoms with E-state index in [2.05, 4.69) is 14.5 Å². The number of methoxy groups -OCH3 is 1. The fraction of sp³-hybridized carbons (Fsp3) is 0.250. The summed E-state index contributed by atoms with van der Waals surface area (Å²) in [4.78, 5) is 9.15. The maximum atomic E-state index is 5.73. The molecule has 2 heterocycles. The lowest BCUT2D eigenvalue weighted by Crippen LogP contribution is -2.07. The first-order valence-electron chi connectivity index (χ1n) is 6.82. The van der Waals surface area contributed by atoms with Gasteiger partial charge in [-0.2, -0.15) is 0 Å². The van der Waals surface area contributed by atoms with Gasteiger partial charge in [0.05, 0.1) is 6.54 Å². The van der Waals surface area contributed by atoms with Crippen LogP contribution in [0, 0.1) is 6.92 Å². The van der Waals surface area contributed by atoms with Crippen LogP contribution in [0.2, 0.25) is 0 Å². The van der Waals surface area contributed by atoms with Gasteiger partial charge in [-0.3, -0.25) is 0 Å². The van der Waals surface area contributed by atoms with Crippen molar-refractivity contribution in [2.24, 2.45) is 0 Å². The highest BCUT2D eigenvalue weighted by molar-refractivity contribution is 5.72. The van der Waals surface area contributed by atoms with Crippen molar-refractivity contribution in [2.75, 3.05) is 12.8 Å². The third-order valence-corrected chi connectivity index (χ3v) is 3.39. The number of aromatic nitrogens is 3. The van der Waals surface area contributed by atoms with Crippen molar-refractivity contribution in [1.29, 1.82) is 0 Å². The van der Waals surface area contributed by atoms with E-state index in [1.54, 1.807) is 7.11 Å². The lowest BCUT2D eigenvalue weighted by atomic mass is 10.2. The second-order valence-electron chi connectivity index (χ2n) is 5.14. The number of benzene rings is 1. The maximum absolute atomic E-state index is 5.73. The number of imidazole rings is 1. The maximum Gasteiger partial charge on any atom is 0.160 e. The van der Waals surface area contributed by atoms with E-state index in [4.69, 9.17) is 10.5 Å². The van der Waals surface area contributed by atoms with E-state index in [1.807, 2.05) is 43.5 Å². The third-order valence-electron chi connectivity index (χ3n) is 3.39. The minimum Gasteiger partial charge on any atom is -0.399 e. The molecule has 2 aromatic heterocycles. The number of nitrogen functional groups attached to an aromatic ring is 1. The van der Waals surface area contributed by atoms with Crippen molar-refractivity contribution in [2.45, 2.75) is 20.1 Å². The topological polar surface area (TPSA) is 66.0 Å². The van der Waals surface area contributed by atoms with Crippen LogP contribution in [0.5, 0.6) is 0 Å². The number of fused-ring (bicyclic) bond motifs is 1. The summed E-state index contributed by atoms with van der Waals surface area (Å²) in [7, 11) is 1.67. The van der Waals surface area contributed by atoms with Gasteiger partial charge in [0.15, 0.2) is 5.65 Å². The Kier molecular flexibility index (Phi) is 3.58. The summed E-state index contributed by atoms with van der Waals surface area (Å²) < 4.78 is 7.34. The Hall–Kier alpha value is -2.40. The fourth-order valence-corrected chi connectivity index (χ4v) is 2.37. The molecular formula is C16H18N4O. The lowest BCUT2D eigenvalue weighted by Gasteiger charge is -2.08. The van der Waals surface area contributed by atoms with Gasteiger partial charge in [0.2, 0.25) is 0 Å². The van der Waals surface area contributed by atoms with Crippen molar-refractivity contribution < 1.29 is 4.74 Å². The number of anilines is 1. The first-order valence-corrected chi connectivity index (χ1v) is 6.82. The molecule has 0 aliphatic rings. The van der Waals surface area contributed by atoms with Crippen LogP contribution < -0.4 is 5.73 Å². The number of hydrogen-bond donors (Lipinski definition) is 1. The molecule has 0 unspecified atom stereocenters. The van der Waals surface area contributed by atoms with Crippen LogP contribution in [0.4, 0.5) is 5.69 Å². The number of pyridine rings is 1. The SMILES string of the molecule is COCc1nc2cc(C)cnc2n1Cc1ccc(N)cc1. The van der Waals surface area contributed by atoms with Gasteiger partial charge in [0.25, 0.3) is 0 Å². The number of nitrogens with two attached hydrogens (primary N) is 1. The van der Waals surface area contributed by atoms with Crippen LogP contribution in [0.3, 0.4) is 0 Å². The Morgan fingerprint density at radius 2 is 2.00 bits per heavy atom. The molecule has 0 radical (unpaired) electrons. The zero-order valence-corrected chi connectivity index (χ0v) is 12.2. The number of hydrogen-bond acceptors (Lipinski definition) is 4. The summed E-state index contributed by atoms with van der Waals surface area (Å²) in [5, 5.41) is 0. The van der Waals surface area contributed by atoms with Gasteiger partial charge >= 0.3 is 0 Å². The predicted octanol–water partition coefficient (Wildman–Crippen LogP) is 2.52. The highest BCUT2D eigenvalue weighted by atomic mass is 16.5. The van der Waals surface area contributed by atoms with Gasteiger partial charge in [-0.05, 0) is 36.2 Å². The number of rotatable bonds is 4. The Morgan fingerprint density at radius 3 is 2.71 bits per heavy atom. The molecule has 0 bridgehead atoms. The molecule has 3 aromatic rings. The highest BCUT2D eigenvalue weighted by Crippen LogP contribution is 2.18. The van der Waals surface area contributed by atoms with Gasteiger partial charge in [-0.25, -0.2) is 9.97 Å². The molecule has 0 saturated carbocycles. The number of aryl methyl sites for hydroxylation is 1. The average Bonchev–Trinajstić information content (AvgIpc) is 2.79. The first kappa shape index (κ1) is 13.6. The van der Waals surface area contributed by atoms with Crippen LogP contribution >= 0.6 is 0 Å². The molecular weight excluding hydrogens is 264 g/mol. The molecule has 108 valence electrons. The van der Waals surface area contributed by atoms with Gasteiger partial charge in [0.1, 0.15) is 17.9 Å². The van der Waals surface area contributed by atoms with Crippen LogP contribution in [0.1, 0.15) is 17.0 Å². The molecule has 0 aliphatic heterocycles. The van der Waals surface area contributed by atoms with Crippen molar-refractivity contribution in [3.8, 4) is 0 Å². The Labute approximate surface area is 123 Å². The minimum absolute atomic E-state index is 0.463. The number of ether oxygens (including phenoxy) is 1. The van der Waals surface area contributed by atoms with Crippen LogP contribution in [-0.2, 0) is 17.9 Å². The van der Waals surface area contributed by atoms with Crippen molar-refractivity contribution in [3.63, 3.8) is 0 Å². The second-order valence-corrected chi connectivity index (χ2v) is 5.14. The molecule has 5 heteroatoms. The summed E-state index contributed by atoms with van der Waals surface area (Å²) in [6.07, 6.45) is 1.86. The summed E-state index contributed by atoms with van der Waals surface area (Å²) in [6.45, 7) is 3.18. The molecule has 0 spiro atoms. The smallest absolute Gasteiger partial charge is 0.160 e. The fourth-order valence-electron chi connectivity index (χ4n) is 2.37. The summed E-state index contributed by atoms with van der Waals surface area (Å²) >= 11 is 0. The van der Waals surface area contributed by atoms with Crippen molar-refractivity contribution >= 4 is 16.9 Å². The van der Waals surface area contributed by atoms with Gasteiger partial charge in [0, 0.05) is 19.0 Å². The second kappa shape index (κ2) is 5.54. The summed E-state index contributed by atoms with van der Waals surface area (Å²) in [6, 6.07) is 9.89. The first-order chi connectivity index (χ1) is 10.2. The Morgan fingerprint density at radius 1 is 1.24 bits per heavy atom. The standard InChI is InChI=1S/C16H18N4O/c1-11-7-14-16(18-8-11)20(15(19-14)10-21-2)9-12-3-5-13(17)6-4-12/h3-8H,9-10,17H2,1-2H3. The van der Waals surface area contributed by atoms with Crippen LogP contribution in [-0.4, -0.2) is 21.6 Å². The lowest BCUT2D eigenvalue weighted by molar-refractivity contribution is 0.175. The van der Waals surface area contributed by atoms with E-state index in [-0.39, 0.29) is 0 Å². The minimum atomic E-state index is 0.463. The van der Waals surface area contributed by atoms with E-state index in [0.29, 0.717) is 13.2 Å². The van der Waals surface area contributed by atoms with E-state index >= 15 is 0 Å². The Balaban J connectivity index is 2.06. The largest absolute Gasteiger partial charge is 0.399 e. The normalized spacial score (nSPS) is 11.1. The monoisotopic (exact) mass is 282 g/mol. The molecule has 0 amide bonds. The van der Waals surface area contributed by atoms with Gasteiger partial charge < -0.3 is 15.0 Å². The van der Waals surface area contributed by atoms with Crippen LogP contribution in [0.25, 0.3) is 11.2 Å². The Bertz CT molecular complexity index is 762. The summed E-state index contributed by atoms with van der Waals surface area (Å²) in [5.41, 5.74) is 10.5. The molecule has 0 fully saturated rings. The van der Waals surface area contributed by atoms with Crippen LogP contribution in [0.15, 0.2) is 36.5 Å². The van der Waals surface area contributed by atoms with Crippen molar-refractivity contribution in [3.05, 3.63) is 53.5 Å². The zero-order valence-electron chi connectivity index (χ0n) is 12.2. The highest BCUT2D eigenvalue weighted by Gasteiger charge is 2.12. The zero-order chi connectivity index (χ0) is 14.8. The summed E-state index contributed by atoms with van der Waals surface area (Å²) in [5.74, 6) is 0.877. The predicted molar refractivity (Wildman–Crippen MR) is 82.9 cm³/mol. The molecule has 5 nitrogen and oxygen atoms in total. The quantitative estimate of drug-likeness (QED) is 0.747. The molecule has 2 N–H and O–H groups in total. The molecule has 21 heavy (non-hydrogen) atoms. The molecule has 0 aliphatic carbocycles. The van der Waals surface area contributed by atoms with Crippen molar-refractivity contribution in [1.82, 2.24) is 14.5 Å². The molecule has 1 aromatic carbocycles. The molecule has 0 atom stereocenters. The van der Waals surface area contributed by atoms with E-state index in [9.17, 15) is 0 Å². The van der Waals surface area contributed by atoms with E-state index < -0.39 is 0 Å². The van der Waals surface area contributed by atoms with Gasteiger partial charge in [-0.15, -0.1) is 0 Å².